The molecule has 1 aromatic rings. The van der Waals surface area contributed by atoms with Gasteiger partial charge in [0.15, 0.2) is 0 Å². The van der Waals surface area contributed by atoms with Crippen LogP contribution in [0.2, 0.25) is 0 Å². The summed E-state index contributed by atoms with van der Waals surface area (Å²) in [4.78, 5) is 16.6. The van der Waals surface area contributed by atoms with E-state index in [2.05, 4.69) is 20.8 Å². The van der Waals surface area contributed by atoms with E-state index in [1.807, 2.05) is 33.3 Å². The molecular weight excluding hydrogens is 288 g/mol. The van der Waals surface area contributed by atoms with E-state index in [1.165, 1.54) is 11.3 Å². The highest BCUT2D eigenvalue weighted by molar-refractivity contribution is 9.11. The highest BCUT2D eigenvalue weighted by atomic mass is 79.9. The van der Waals surface area contributed by atoms with Gasteiger partial charge in [-0.1, -0.05) is 0 Å². The molecule has 1 rings (SSSR count). The van der Waals surface area contributed by atoms with E-state index in [1.54, 1.807) is 4.90 Å². The fraction of sp³-hybridized carbons (Fsp3) is 0.545. The zero-order valence-electron chi connectivity index (χ0n) is 9.86. The van der Waals surface area contributed by atoms with Crippen molar-refractivity contribution in [3.05, 3.63) is 20.8 Å². The summed E-state index contributed by atoms with van der Waals surface area (Å²) < 4.78 is 0.998. The highest BCUT2D eigenvalue weighted by Gasteiger charge is 2.13. The van der Waals surface area contributed by atoms with Crippen LogP contribution in [0.4, 0.5) is 0 Å². The van der Waals surface area contributed by atoms with Crippen LogP contribution in [0.5, 0.6) is 0 Å². The second-order valence-corrected chi connectivity index (χ2v) is 6.45. The fourth-order valence-electron chi connectivity index (χ4n) is 1.34. The molecule has 90 valence electrons. The molecule has 1 heterocycles. The van der Waals surface area contributed by atoms with Crippen LogP contribution in [-0.4, -0.2) is 49.9 Å². The largest absolute Gasteiger partial charge is 0.341 e. The van der Waals surface area contributed by atoms with Crippen molar-refractivity contribution in [2.75, 3.05) is 34.2 Å². The standard InChI is InChI=1S/C11H17BrN2OS/c1-13(2)7-4-8-14(3)11(15)9-5-6-10(12)16-9/h5-6H,4,7-8H2,1-3H3. The maximum atomic E-state index is 11.9. The van der Waals surface area contributed by atoms with E-state index in [4.69, 9.17) is 0 Å². The topological polar surface area (TPSA) is 23.6 Å². The summed E-state index contributed by atoms with van der Waals surface area (Å²) >= 11 is 4.84. The van der Waals surface area contributed by atoms with Gasteiger partial charge in [0, 0.05) is 13.6 Å². The molecule has 0 radical (unpaired) electrons. The Balaban J connectivity index is 2.42. The van der Waals surface area contributed by atoms with Crippen molar-refractivity contribution in [1.29, 1.82) is 0 Å². The van der Waals surface area contributed by atoms with Gasteiger partial charge < -0.3 is 9.80 Å². The molecule has 0 fully saturated rings. The molecule has 0 aromatic carbocycles. The minimum atomic E-state index is 0.106. The lowest BCUT2D eigenvalue weighted by molar-refractivity contribution is 0.0795. The van der Waals surface area contributed by atoms with E-state index in [0.717, 1.165) is 28.2 Å². The molecule has 0 aliphatic carbocycles. The lowest BCUT2D eigenvalue weighted by Crippen LogP contribution is -2.29. The van der Waals surface area contributed by atoms with Gasteiger partial charge in [0.05, 0.1) is 8.66 Å². The summed E-state index contributed by atoms with van der Waals surface area (Å²) in [7, 11) is 5.93. The van der Waals surface area contributed by atoms with Gasteiger partial charge >= 0.3 is 0 Å². The minimum absolute atomic E-state index is 0.106. The predicted molar refractivity (Wildman–Crippen MR) is 72.2 cm³/mol. The molecule has 1 aromatic heterocycles. The van der Waals surface area contributed by atoms with Gasteiger partial charge in [0.2, 0.25) is 0 Å². The van der Waals surface area contributed by atoms with Crippen molar-refractivity contribution in [1.82, 2.24) is 9.80 Å². The van der Waals surface area contributed by atoms with Crippen LogP contribution in [0.1, 0.15) is 16.1 Å². The first kappa shape index (κ1) is 13.7. The zero-order valence-corrected chi connectivity index (χ0v) is 12.3. The molecule has 0 atom stereocenters. The quantitative estimate of drug-likeness (QED) is 0.834. The van der Waals surface area contributed by atoms with Gasteiger partial charge in [-0.2, -0.15) is 0 Å². The first-order valence-corrected chi connectivity index (χ1v) is 6.77. The van der Waals surface area contributed by atoms with E-state index in [9.17, 15) is 4.79 Å². The number of amides is 1. The van der Waals surface area contributed by atoms with Gasteiger partial charge in [0.25, 0.3) is 5.91 Å². The Labute approximate surface area is 109 Å². The second-order valence-electron chi connectivity index (χ2n) is 3.99. The van der Waals surface area contributed by atoms with Crippen molar-refractivity contribution in [2.45, 2.75) is 6.42 Å². The highest BCUT2D eigenvalue weighted by Crippen LogP contribution is 2.22. The van der Waals surface area contributed by atoms with Crippen LogP contribution in [0.3, 0.4) is 0 Å². The lowest BCUT2D eigenvalue weighted by Gasteiger charge is -2.17. The number of nitrogens with zero attached hydrogens (tertiary/aromatic N) is 2. The average Bonchev–Trinajstić information content (AvgIpc) is 2.63. The zero-order chi connectivity index (χ0) is 12.1. The van der Waals surface area contributed by atoms with Gasteiger partial charge in [-0.3, -0.25) is 4.79 Å². The third-order valence-corrected chi connectivity index (χ3v) is 3.84. The number of carbonyl (C=O) groups is 1. The van der Waals surface area contributed by atoms with Gasteiger partial charge in [-0.25, -0.2) is 0 Å². The third-order valence-electron chi connectivity index (χ3n) is 2.23. The molecule has 1 amide bonds. The maximum Gasteiger partial charge on any atom is 0.263 e. The smallest absolute Gasteiger partial charge is 0.263 e. The Bertz CT molecular complexity index is 352. The molecule has 3 nitrogen and oxygen atoms in total. The second kappa shape index (κ2) is 6.37. The molecule has 0 saturated heterocycles. The SMILES string of the molecule is CN(C)CCCN(C)C(=O)c1ccc(Br)s1. The Morgan fingerprint density at radius 1 is 1.31 bits per heavy atom. The molecule has 0 unspecified atom stereocenters. The summed E-state index contributed by atoms with van der Waals surface area (Å²) in [6.07, 6.45) is 1.00. The summed E-state index contributed by atoms with van der Waals surface area (Å²) in [5.74, 6) is 0.106. The fourth-order valence-corrected chi connectivity index (χ4v) is 2.72. The summed E-state index contributed by atoms with van der Waals surface area (Å²) in [5, 5.41) is 0. The van der Waals surface area contributed by atoms with Crippen LogP contribution >= 0.6 is 27.3 Å². The molecular formula is C11H17BrN2OS. The van der Waals surface area contributed by atoms with Crippen LogP contribution in [0, 0.1) is 0 Å². The van der Waals surface area contributed by atoms with Crippen molar-refractivity contribution >= 4 is 33.2 Å². The van der Waals surface area contributed by atoms with Crippen LogP contribution < -0.4 is 0 Å². The average molecular weight is 305 g/mol. The monoisotopic (exact) mass is 304 g/mol. The number of hydrogen-bond donors (Lipinski definition) is 0. The number of halogens is 1. The van der Waals surface area contributed by atoms with E-state index >= 15 is 0 Å². The number of hydrogen-bond acceptors (Lipinski definition) is 3. The minimum Gasteiger partial charge on any atom is -0.341 e. The number of carbonyl (C=O) groups excluding carboxylic acids is 1. The van der Waals surface area contributed by atoms with E-state index < -0.39 is 0 Å². The molecule has 16 heavy (non-hydrogen) atoms. The number of thiophene rings is 1. The molecule has 0 spiro atoms. The molecule has 0 aliphatic rings. The van der Waals surface area contributed by atoms with Crippen molar-refractivity contribution < 1.29 is 4.79 Å². The van der Waals surface area contributed by atoms with Gasteiger partial charge in [0.1, 0.15) is 0 Å². The normalized spacial score (nSPS) is 10.8. The summed E-state index contributed by atoms with van der Waals surface area (Å²) in [6.45, 7) is 1.80. The molecule has 5 heteroatoms. The van der Waals surface area contributed by atoms with Gasteiger partial charge in [-0.05, 0) is 55.1 Å². The van der Waals surface area contributed by atoms with Crippen LogP contribution in [0.15, 0.2) is 15.9 Å². The molecule has 0 bridgehead atoms. The van der Waals surface area contributed by atoms with E-state index in [-0.39, 0.29) is 5.91 Å². The molecule has 0 aliphatic heterocycles. The van der Waals surface area contributed by atoms with Crippen molar-refractivity contribution in [2.24, 2.45) is 0 Å². The summed E-state index contributed by atoms with van der Waals surface area (Å²) in [6, 6.07) is 3.77. The van der Waals surface area contributed by atoms with Crippen molar-refractivity contribution in [3.8, 4) is 0 Å². The first-order valence-electron chi connectivity index (χ1n) is 5.16. The molecule has 0 N–H and O–H groups in total. The Morgan fingerprint density at radius 3 is 2.50 bits per heavy atom. The third kappa shape index (κ3) is 4.23. The lowest BCUT2D eigenvalue weighted by atomic mass is 10.3. The van der Waals surface area contributed by atoms with E-state index in [0.29, 0.717) is 0 Å². The Kier molecular flexibility index (Phi) is 5.44. The maximum absolute atomic E-state index is 11.9. The van der Waals surface area contributed by atoms with Crippen LogP contribution in [-0.2, 0) is 0 Å². The predicted octanol–water partition coefficient (Wildman–Crippen LogP) is 2.53. The number of rotatable bonds is 5. The van der Waals surface area contributed by atoms with Crippen molar-refractivity contribution in [3.63, 3.8) is 0 Å². The molecule has 0 saturated carbocycles. The van der Waals surface area contributed by atoms with Gasteiger partial charge in [-0.15, -0.1) is 11.3 Å². The van der Waals surface area contributed by atoms with Crippen LogP contribution in [0.25, 0.3) is 0 Å². The first-order chi connectivity index (χ1) is 7.50. The Hall–Kier alpha value is -0.390. The Morgan fingerprint density at radius 2 is 2.00 bits per heavy atom. The summed E-state index contributed by atoms with van der Waals surface area (Å²) in [5.41, 5.74) is 0.